The first-order valence-electron chi connectivity index (χ1n) is 2.46. The zero-order valence-corrected chi connectivity index (χ0v) is 14.6. The Hall–Kier alpha value is 1.93. The van der Waals surface area contributed by atoms with Gasteiger partial charge in [0.15, 0.2) is 5.05 Å². The molecule has 0 saturated heterocycles. The van der Waals surface area contributed by atoms with Crippen LogP contribution in [0.4, 0.5) is 0 Å². The average Bonchev–Trinajstić information content (AvgIpc) is 1.67. The number of hydrogen-bond acceptors (Lipinski definition) is 2. The minimum atomic E-state index is -1.17. The minimum absolute atomic E-state index is 0. The van der Waals surface area contributed by atoms with Crippen LogP contribution in [0.3, 0.4) is 0 Å². The molecule has 0 aromatic heterocycles. The minimum Gasteiger partial charge on any atom is -1.00 e. The molecular formula is C5H10I2O2SZn. The molecule has 0 aliphatic carbocycles. The molecule has 0 aromatic rings. The van der Waals surface area contributed by atoms with Crippen molar-refractivity contribution in [3.63, 3.8) is 0 Å². The molecule has 2 N–H and O–H groups in total. The third-order valence-corrected chi connectivity index (χ3v) is 1.59. The summed E-state index contributed by atoms with van der Waals surface area (Å²) in [5.41, 5.74) is -1.17. The van der Waals surface area contributed by atoms with Crippen LogP contribution in [0.25, 0.3) is 0 Å². The van der Waals surface area contributed by atoms with Crippen LogP contribution in [0.2, 0.25) is 0 Å². The van der Waals surface area contributed by atoms with Crippen LogP contribution >= 0.6 is 12.2 Å². The second-order valence-electron chi connectivity index (χ2n) is 1.93. The van der Waals surface area contributed by atoms with Crippen molar-refractivity contribution in [1.82, 2.24) is 0 Å². The fourth-order valence-electron chi connectivity index (χ4n) is 0.151. The second kappa shape index (κ2) is 10.0. The first-order valence-corrected chi connectivity index (χ1v) is 2.87. The first-order chi connectivity index (χ1) is 3.50. The van der Waals surface area contributed by atoms with Crippen LogP contribution in [-0.2, 0) is 19.5 Å². The third kappa shape index (κ3) is 9.85. The summed E-state index contributed by atoms with van der Waals surface area (Å²) in [6.45, 7) is 3.23. The monoisotopic (exact) mass is 452 g/mol. The van der Waals surface area contributed by atoms with Gasteiger partial charge >= 0.3 is 19.5 Å². The van der Waals surface area contributed by atoms with E-state index in [1.807, 2.05) is 0 Å². The number of hydrogen-bond donors (Lipinski definition) is 2. The smallest absolute Gasteiger partial charge is 1.00 e. The molecule has 0 radical (unpaired) electrons. The zero-order chi connectivity index (χ0) is 6.78. The molecule has 0 fully saturated rings. The molecule has 11 heavy (non-hydrogen) atoms. The molecule has 0 rings (SSSR count). The van der Waals surface area contributed by atoms with Crippen molar-refractivity contribution in [2.75, 3.05) is 0 Å². The summed E-state index contributed by atoms with van der Waals surface area (Å²) in [6.07, 6.45) is 0.447. The SMILES string of the molecule is CCC(C)(O)C(O)=S.[I-].[I-].[Zn+2]. The molecule has 2 nitrogen and oxygen atoms in total. The molecule has 0 heterocycles. The summed E-state index contributed by atoms with van der Waals surface area (Å²) in [4.78, 5) is 0. The fourth-order valence-corrected chi connectivity index (χ4v) is 0.296. The fraction of sp³-hybridized carbons (Fsp3) is 0.800. The number of halogens is 2. The molecule has 0 aliphatic heterocycles. The van der Waals surface area contributed by atoms with Gasteiger partial charge in [-0.05, 0) is 25.6 Å². The predicted molar refractivity (Wildman–Crippen MR) is 36.1 cm³/mol. The van der Waals surface area contributed by atoms with Gasteiger partial charge in [-0.15, -0.1) is 0 Å². The predicted octanol–water partition coefficient (Wildman–Crippen LogP) is -4.96. The summed E-state index contributed by atoms with van der Waals surface area (Å²) in [7, 11) is 0. The van der Waals surface area contributed by atoms with E-state index in [2.05, 4.69) is 12.2 Å². The molecule has 0 amide bonds. The van der Waals surface area contributed by atoms with E-state index in [0.717, 1.165) is 0 Å². The van der Waals surface area contributed by atoms with Crippen molar-refractivity contribution in [1.29, 1.82) is 0 Å². The van der Waals surface area contributed by atoms with E-state index in [1.165, 1.54) is 6.92 Å². The van der Waals surface area contributed by atoms with E-state index in [-0.39, 0.29) is 72.5 Å². The van der Waals surface area contributed by atoms with Gasteiger partial charge < -0.3 is 58.2 Å². The Morgan fingerprint density at radius 2 is 1.73 bits per heavy atom. The Morgan fingerprint density at radius 1 is 1.45 bits per heavy atom. The Bertz CT molecular complexity index is 111. The summed E-state index contributed by atoms with van der Waals surface area (Å²) in [6, 6.07) is 0. The summed E-state index contributed by atoms with van der Waals surface area (Å²) in [5.74, 6) is 0. The van der Waals surface area contributed by atoms with Crippen LogP contribution in [0, 0.1) is 0 Å². The summed E-state index contributed by atoms with van der Waals surface area (Å²) >= 11 is 4.34. The van der Waals surface area contributed by atoms with E-state index in [1.54, 1.807) is 6.92 Å². The van der Waals surface area contributed by atoms with Crippen molar-refractivity contribution >= 4 is 17.3 Å². The topological polar surface area (TPSA) is 40.5 Å². The van der Waals surface area contributed by atoms with Crippen LogP contribution in [0.1, 0.15) is 20.3 Å². The van der Waals surface area contributed by atoms with Gasteiger partial charge in [0.2, 0.25) is 0 Å². The molecule has 1 unspecified atom stereocenters. The van der Waals surface area contributed by atoms with Crippen molar-refractivity contribution in [2.24, 2.45) is 0 Å². The van der Waals surface area contributed by atoms with Gasteiger partial charge in [-0.2, -0.15) is 0 Å². The molecule has 0 aromatic carbocycles. The van der Waals surface area contributed by atoms with Gasteiger partial charge in [0.05, 0.1) is 0 Å². The van der Waals surface area contributed by atoms with Crippen molar-refractivity contribution < 1.29 is 77.6 Å². The van der Waals surface area contributed by atoms with Crippen molar-refractivity contribution in [2.45, 2.75) is 25.9 Å². The Kier molecular flexibility index (Phi) is 21.0. The van der Waals surface area contributed by atoms with E-state index in [9.17, 15) is 0 Å². The quantitative estimate of drug-likeness (QED) is 0.250. The summed E-state index contributed by atoms with van der Waals surface area (Å²) in [5, 5.41) is 17.2. The molecule has 0 aliphatic rings. The van der Waals surface area contributed by atoms with Crippen molar-refractivity contribution in [3.8, 4) is 0 Å². The molecule has 64 valence electrons. The van der Waals surface area contributed by atoms with E-state index in [0.29, 0.717) is 6.42 Å². The maximum atomic E-state index is 9.01. The number of aliphatic hydroxyl groups is 2. The Labute approximate surface area is 119 Å². The van der Waals surface area contributed by atoms with Gasteiger partial charge in [-0.1, -0.05) is 6.92 Å². The first kappa shape index (κ1) is 23.1. The van der Waals surface area contributed by atoms with Gasteiger partial charge in [-0.3, -0.25) is 0 Å². The van der Waals surface area contributed by atoms with Gasteiger partial charge in [-0.25, -0.2) is 0 Å². The number of thiocarbonyl (C=S) groups is 1. The number of rotatable bonds is 2. The van der Waals surface area contributed by atoms with Crippen LogP contribution in [0.5, 0.6) is 0 Å². The largest absolute Gasteiger partial charge is 2.00 e. The molecule has 0 saturated carbocycles. The standard InChI is InChI=1S/C5H10O2S.2HI.Zn/c1-3-5(2,7)4(6)8;;;/h7H,3H2,1-2H3,(H,6,8);2*1H;/q;;;+2/p-2. The van der Waals surface area contributed by atoms with E-state index in [4.69, 9.17) is 10.2 Å². The second-order valence-corrected chi connectivity index (χ2v) is 2.32. The molecular weight excluding hydrogens is 443 g/mol. The Morgan fingerprint density at radius 3 is 1.73 bits per heavy atom. The maximum absolute atomic E-state index is 9.01. The molecule has 0 bridgehead atoms. The molecule has 0 spiro atoms. The normalized spacial score (nSPS) is 12.6. The van der Waals surface area contributed by atoms with Gasteiger partial charge in [0.25, 0.3) is 0 Å². The van der Waals surface area contributed by atoms with Gasteiger partial charge in [0, 0.05) is 0 Å². The third-order valence-electron chi connectivity index (χ3n) is 1.15. The molecule has 6 heteroatoms. The van der Waals surface area contributed by atoms with E-state index >= 15 is 0 Å². The van der Waals surface area contributed by atoms with E-state index < -0.39 is 5.60 Å². The van der Waals surface area contributed by atoms with Gasteiger partial charge in [0.1, 0.15) is 5.60 Å². The average molecular weight is 453 g/mol. The van der Waals surface area contributed by atoms with Crippen LogP contribution < -0.4 is 48.0 Å². The van der Waals surface area contributed by atoms with Crippen LogP contribution in [-0.4, -0.2) is 20.9 Å². The number of aliphatic hydroxyl groups excluding tert-OH is 1. The summed E-state index contributed by atoms with van der Waals surface area (Å²) < 4.78 is 0. The zero-order valence-electron chi connectivity index (χ0n) is 6.47. The van der Waals surface area contributed by atoms with Crippen molar-refractivity contribution in [3.05, 3.63) is 0 Å². The van der Waals surface area contributed by atoms with Crippen LogP contribution in [0.15, 0.2) is 0 Å². The maximum Gasteiger partial charge on any atom is 2.00 e. The molecule has 1 atom stereocenters. The Balaban J connectivity index is -0.0000000817.